The molecule has 0 saturated heterocycles. The lowest BCUT2D eigenvalue weighted by Crippen LogP contribution is -2.21. The van der Waals surface area contributed by atoms with Crippen LogP contribution >= 0.6 is 0 Å². The van der Waals surface area contributed by atoms with E-state index in [1.54, 1.807) is 6.07 Å². The fraction of sp³-hybridized carbons (Fsp3) is 0.273. The summed E-state index contributed by atoms with van der Waals surface area (Å²) >= 11 is 0. The lowest BCUT2D eigenvalue weighted by atomic mass is 9.99. The van der Waals surface area contributed by atoms with Gasteiger partial charge in [0.2, 0.25) is 0 Å². The van der Waals surface area contributed by atoms with Crippen molar-refractivity contribution in [1.82, 2.24) is 0 Å². The monoisotopic (exact) mass is 397 g/mol. The van der Waals surface area contributed by atoms with Crippen molar-refractivity contribution >= 4 is 29.3 Å². The average molecular weight is 397 g/mol. The molecule has 2 rings (SSSR count). The third kappa shape index (κ3) is 6.57. The van der Waals surface area contributed by atoms with E-state index in [4.69, 9.17) is 4.74 Å². The van der Waals surface area contributed by atoms with Crippen LogP contribution in [0.15, 0.2) is 42.5 Å². The molecule has 0 aliphatic rings. The molecule has 0 spiro atoms. The van der Waals surface area contributed by atoms with Crippen molar-refractivity contribution < 1.29 is 28.7 Å². The Morgan fingerprint density at radius 3 is 2.28 bits per heavy atom. The molecule has 29 heavy (non-hydrogen) atoms. The molecule has 7 heteroatoms. The fourth-order valence-electron chi connectivity index (χ4n) is 2.61. The van der Waals surface area contributed by atoms with E-state index in [0.717, 1.165) is 11.1 Å². The molecule has 1 amide bonds. The number of Topliss-reactive ketones (excluding diaryl/α,β-unsaturated/α-hetero) is 1. The number of rotatable bonds is 8. The molecule has 0 aliphatic heterocycles. The number of hydrogen-bond donors (Lipinski definition) is 1. The predicted octanol–water partition coefficient (Wildman–Crippen LogP) is 3.23. The summed E-state index contributed by atoms with van der Waals surface area (Å²) < 4.78 is 9.51. The number of ether oxygens (including phenoxy) is 2. The minimum Gasteiger partial charge on any atom is -0.465 e. The van der Waals surface area contributed by atoms with Gasteiger partial charge in [-0.05, 0) is 49.7 Å². The summed E-state index contributed by atoms with van der Waals surface area (Å²) in [5, 5.41) is 2.55. The third-order valence-electron chi connectivity index (χ3n) is 4.20. The first-order valence-corrected chi connectivity index (χ1v) is 9.04. The Morgan fingerprint density at radius 1 is 0.931 bits per heavy atom. The summed E-state index contributed by atoms with van der Waals surface area (Å²) in [5.74, 6) is -1.77. The van der Waals surface area contributed by atoms with Gasteiger partial charge in [-0.25, -0.2) is 4.79 Å². The summed E-state index contributed by atoms with van der Waals surface area (Å²) in [7, 11) is 1.28. The first-order chi connectivity index (χ1) is 13.8. The number of carbonyl (C=O) groups is 4. The molecule has 0 atom stereocenters. The zero-order chi connectivity index (χ0) is 21.4. The highest BCUT2D eigenvalue weighted by Crippen LogP contribution is 2.14. The number of anilines is 1. The van der Waals surface area contributed by atoms with Gasteiger partial charge in [0.15, 0.2) is 12.4 Å². The number of amides is 1. The molecule has 2 aromatic rings. The van der Waals surface area contributed by atoms with Gasteiger partial charge < -0.3 is 14.8 Å². The van der Waals surface area contributed by atoms with Gasteiger partial charge in [-0.1, -0.05) is 17.7 Å². The van der Waals surface area contributed by atoms with Crippen LogP contribution < -0.4 is 5.32 Å². The van der Waals surface area contributed by atoms with Gasteiger partial charge in [-0.3, -0.25) is 14.4 Å². The first kappa shape index (κ1) is 21.8. The Morgan fingerprint density at radius 2 is 1.62 bits per heavy atom. The van der Waals surface area contributed by atoms with E-state index in [1.807, 2.05) is 26.0 Å². The first-order valence-electron chi connectivity index (χ1n) is 9.04. The predicted molar refractivity (Wildman–Crippen MR) is 107 cm³/mol. The van der Waals surface area contributed by atoms with Crippen molar-refractivity contribution in [1.29, 1.82) is 0 Å². The number of ketones is 1. The molecule has 0 bridgehead atoms. The van der Waals surface area contributed by atoms with Crippen LogP contribution in [0.2, 0.25) is 0 Å². The van der Waals surface area contributed by atoms with E-state index in [0.29, 0.717) is 16.8 Å². The summed E-state index contributed by atoms with van der Waals surface area (Å²) in [6.45, 7) is 3.27. The Balaban J connectivity index is 1.77. The van der Waals surface area contributed by atoms with Gasteiger partial charge in [-0.15, -0.1) is 0 Å². The highest BCUT2D eigenvalue weighted by atomic mass is 16.5. The zero-order valence-corrected chi connectivity index (χ0v) is 16.6. The van der Waals surface area contributed by atoms with E-state index in [1.165, 1.54) is 31.4 Å². The molecule has 0 fully saturated rings. The summed E-state index contributed by atoms with van der Waals surface area (Å²) in [6, 6.07) is 11.7. The molecule has 0 saturated carbocycles. The van der Waals surface area contributed by atoms with Crippen LogP contribution in [0.4, 0.5) is 5.69 Å². The largest absolute Gasteiger partial charge is 0.465 e. The van der Waals surface area contributed by atoms with E-state index in [2.05, 4.69) is 10.1 Å². The Bertz CT molecular complexity index is 917. The van der Waals surface area contributed by atoms with Crippen LogP contribution in [-0.4, -0.2) is 37.3 Å². The van der Waals surface area contributed by atoms with Gasteiger partial charge >= 0.3 is 11.9 Å². The van der Waals surface area contributed by atoms with E-state index < -0.39 is 24.5 Å². The van der Waals surface area contributed by atoms with E-state index in [-0.39, 0.29) is 18.6 Å². The third-order valence-corrected chi connectivity index (χ3v) is 4.20. The number of nitrogens with one attached hydrogen (secondary N) is 1. The Hall–Kier alpha value is -3.48. The molecule has 7 nitrogen and oxygen atoms in total. The lowest BCUT2D eigenvalue weighted by molar-refractivity contribution is -0.147. The smallest absolute Gasteiger partial charge is 0.337 e. The highest BCUT2D eigenvalue weighted by Gasteiger charge is 2.14. The van der Waals surface area contributed by atoms with E-state index >= 15 is 0 Å². The SMILES string of the molecule is COC(=O)c1ccc(NC(=O)COC(=O)CCC(=O)c2cc(C)ccc2C)cc1. The number of carbonyl (C=O) groups excluding carboxylic acids is 4. The van der Waals surface area contributed by atoms with Crippen molar-refractivity contribution in [2.45, 2.75) is 26.7 Å². The van der Waals surface area contributed by atoms with Crippen molar-refractivity contribution in [2.75, 3.05) is 19.0 Å². The van der Waals surface area contributed by atoms with Crippen LogP contribution in [0.1, 0.15) is 44.7 Å². The molecule has 2 aromatic carbocycles. The Kier molecular flexibility index (Phi) is 7.65. The van der Waals surface area contributed by atoms with Gasteiger partial charge in [0.05, 0.1) is 19.1 Å². The van der Waals surface area contributed by atoms with Crippen molar-refractivity contribution in [3.8, 4) is 0 Å². The molecule has 0 heterocycles. The summed E-state index contributed by atoms with van der Waals surface area (Å²) in [5.41, 5.74) is 3.21. The maximum Gasteiger partial charge on any atom is 0.337 e. The number of benzene rings is 2. The highest BCUT2D eigenvalue weighted by molar-refractivity contribution is 5.99. The summed E-state index contributed by atoms with van der Waals surface area (Å²) in [6.07, 6.45) is -0.0902. The second-order valence-corrected chi connectivity index (χ2v) is 6.52. The van der Waals surface area contributed by atoms with Gasteiger partial charge in [0.1, 0.15) is 0 Å². The zero-order valence-electron chi connectivity index (χ0n) is 16.6. The number of aryl methyl sites for hydroxylation is 2. The average Bonchev–Trinajstić information content (AvgIpc) is 2.72. The number of hydrogen-bond acceptors (Lipinski definition) is 6. The molecular formula is C22H23NO6. The number of esters is 2. The molecule has 0 radical (unpaired) electrons. The van der Waals surface area contributed by atoms with Crippen molar-refractivity contribution in [2.24, 2.45) is 0 Å². The second kappa shape index (κ2) is 10.2. The van der Waals surface area contributed by atoms with Crippen molar-refractivity contribution in [3.05, 3.63) is 64.7 Å². The molecule has 0 unspecified atom stereocenters. The van der Waals surface area contributed by atoms with Crippen LogP contribution in [-0.2, 0) is 19.1 Å². The lowest BCUT2D eigenvalue weighted by Gasteiger charge is -2.08. The molecule has 1 N–H and O–H groups in total. The van der Waals surface area contributed by atoms with E-state index in [9.17, 15) is 19.2 Å². The summed E-state index contributed by atoms with van der Waals surface area (Å²) in [4.78, 5) is 47.4. The van der Waals surface area contributed by atoms with Gasteiger partial charge in [-0.2, -0.15) is 0 Å². The molecule has 0 aliphatic carbocycles. The van der Waals surface area contributed by atoms with Crippen LogP contribution in [0.3, 0.4) is 0 Å². The molecular weight excluding hydrogens is 374 g/mol. The molecule has 0 aromatic heterocycles. The minimum absolute atomic E-state index is 0.0136. The van der Waals surface area contributed by atoms with Gasteiger partial charge in [0, 0.05) is 17.7 Å². The van der Waals surface area contributed by atoms with Gasteiger partial charge in [0.25, 0.3) is 5.91 Å². The fourth-order valence-corrected chi connectivity index (χ4v) is 2.61. The quantitative estimate of drug-likeness (QED) is 0.542. The Labute approximate surface area is 169 Å². The maximum atomic E-state index is 12.3. The second-order valence-electron chi connectivity index (χ2n) is 6.52. The van der Waals surface area contributed by atoms with Crippen LogP contribution in [0.25, 0.3) is 0 Å². The molecule has 152 valence electrons. The minimum atomic E-state index is -0.625. The standard InChI is InChI=1S/C22H23NO6/c1-14-4-5-15(2)18(12-14)19(24)10-11-21(26)29-13-20(25)23-17-8-6-16(7-9-17)22(27)28-3/h4-9,12H,10-11,13H2,1-3H3,(H,23,25). The van der Waals surface area contributed by atoms with Crippen LogP contribution in [0, 0.1) is 13.8 Å². The topological polar surface area (TPSA) is 98.8 Å². The maximum absolute atomic E-state index is 12.3. The number of methoxy groups -OCH3 is 1. The van der Waals surface area contributed by atoms with Crippen LogP contribution in [0.5, 0.6) is 0 Å². The normalized spacial score (nSPS) is 10.2. The van der Waals surface area contributed by atoms with Crippen molar-refractivity contribution in [3.63, 3.8) is 0 Å².